The third-order valence-corrected chi connectivity index (χ3v) is 7.77. The van der Waals surface area contributed by atoms with Gasteiger partial charge < -0.3 is 15.1 Å². The number of hydrogen-bond acceptors (Lipinski definition) is 7. The van der Waals surface area contributed by atoms with Crippen molar-refractivity contribution < 1.29 is 31.1 Å². The number of aromatic nitrogens is 4. The highest BCUT2D eigenvalue weighted by atomic mass is 35.5. The van der Waals surface area contributed by atoms with E-state index >= 15 is 0 Å². The molecule has 230 valence electrons. The molecule has 2 amide bonds. The van der Waals surface area contributed by atoms with Crippen LogP contribution >= 0.6 is 23.2 Å². The van der Waals surface area contributed by atoms with Gasteiger partial charge in [0, 0.05) is 32.2 Å². The van der Waals surface area contributed by atoms with E-state index in [9.17, 15) is 31.1 Å². The Morgan fingerprint density at radius 3 is 2.21 bits per heavy atom. The Morgan fingerprint density at radius 1 is 1.00 bits per heavy atom. The summed E-state index contributed by atoms with van der Waals surface area (Å²) in [5, 5.41) is 2.85. The van der Waals surface area contributed by atoms with Gasteiger partial charge in [-0.2, -0.15) is 31.3 Å². The lowest BCUT2D eigenvalue weighted by atomic mass is 10.0. The highest BCUT2D eigenvalue weighted by Gasteiger charge is 2.40. The van der Waals surface area contributed by atoms with Gasteiger partial charge in [0.2, 0.25) is 11.2 Å². The summed E-state index contributed by atoms with van der Waals surface area (Å²) in [6, 6.07) is 0.489. The second kappa shape index (κ2) is 11.8. The first-order valence-electron chi connectivity index (χ1n) is 13.1. The zero-order chi connectivity index (χ0) is 31.1. The van der Waals surface area contributed by atoms with E-state index in [1.807, 2.05) is 11.8 Å². The summed E-state index contributed by atoms with van der Waals surface area (Å²) in [6.45, 7) is 2.60. The number of carbonyl (C=O) groups excluding carboxylic acids is 1. The minimum Gasteiger partial charge on any atom is -0.350 e. The second-order valence-corrected chi connectivity index (χ2v) is 10.8. The summed E-state index contributed by atoms with van der Waals surface area (Å²) in [4.78, 5) is 33.8. The first-order chi connectivity index (χ1) is 20.2. The zero-order valence-corrected chi connectivity index (χ0v) is 23.9. The molecule has 2 aliphatic rings. The fourth-order valence-electron chi connectivity index (χ4n) is 5.29. The molecule has 9 nitrogen and oxygen atoms in total. The van der Waals surface area contributed by atoms with Crippen LogP contribution in [-0.4, -0.2) is 57.7 Å². The first kappa shape index (κ1) is 30.9. The van der Waals surface area contributed by atoms with Crippen LogP contribution in [0, 0.1) is 0 Å². The van der Waals surface area contributed by atoms with Gasteiger partial charge in [-0.25, -0.2) is 19.7 Å². The van der Waals surface area contributed by atoms with Crippen molar-refractivity contribution in [2.24, 2.45) is 0 Å². The van der Waals surface area contributed by atoms with Crippen LogP contribution in [0.4, 0.5) is 48.6 Å². The van der Waals surface area contributed by atoms with Crippen LogP contribution in [-0.2, 0) is 18.9 Å². The van der Waals surface area contributed by atoms with E-state index in [1.165, 1.54) is 23.5 Å². The van der Waals surface area contributed by atoms with Gasteiger partial charge in [0.15, 0.2) is 5.82 Å². The van der Waals surface area contributed by atoms with E-state index in [2.05, 4.69) is 25.3 Å². The van der Waals surface area contributed by atoms with Crippen LogP contribution in [0.2, 0.25) is 10.3 Å². The van der Waals surface area contributed by atoms with Crippen molar-refractivity contribution in [2.45, 2.75) is 50.7 Å². The van der Waals surface area contributed by atoms with Crippen molar-refractivity contribution in [2.75, 3.05) is 34.3 Å². The third-order valence-electron chi connectivity index (χ3n) is 7.32. The molecular formula is C26H24Cl2F6N8O. The Morgan fingerprint density at radius 2 is 1.65 bits per heavy atom. The van der Waals surface area contributed by atoms with E-state index in [-0.39, 0.29) is 53.0 Å². The molecule has 0 saturated carbocycles. The van der Waals surface area contributed by atoms with E-state index < -0.39 is 29.5 Å². The zero-order valence-electron chi connectivity index (χ0n) is 22.4. The summed E-state index contributed by atoms with van der Waals surface area (Å²) < 4.78 is 81.9. The number of nitrogens with one attached hydrogen (secondary N) is 1. The van der Waals surface area contributed by atoms with Crippen molar-refractivity contribution >= 4 is 46.7 Å². The second-order valence-electron chi connectivity index (χ2n) is 10.1. The molecular weight excluding hydrogens is 625 g/mol. The molecule has 0 spiro atoms. The summed E-state index contributed by atoms with van der Waals surface area (Å²) in [7, 11) is 0. The maximum atomic E-state index is 13.6. The highest BCUT2D eigenvalue weighted by molar-refractivity contribution is 6.33. The van der Waals surface area contributed by atoms with Gasteiger partial charge in [-0.15, -0.1) is 0 Å². The molecule has 17 heteroatoms. The van der Waals surface area contributed by atoms with Crippen molar-refractivity contribution in [3.8, 4) is 0 Å². The SMILES string of the molecule is CC[C@@H]1C[C@H](N(Cc2cc(C(F)(F)F)cc(C(F)(F)F)c2)c2ncc(N3CCNC3=O)cn2)CN1c1nc(Cl)ncc1Cl. The molecule has 4 heterocycles. The lowest BCUT2D eigenvalue weighted by molar-refractivity contribution is -0.143. The summed E-state index contributed by atoms with van der Waals surface area (Å²) in [5.74, 6) is 0.411. The third kappa shape index (κ3) is 6.66. The molecule has 2 fully saturated rings. The number of benzene rings is 1. The topological polar surface area (TPSA) is 90.4 Å². The van der Waals surface area contributed by atoms with Gasteiger partial charge in [0.25, 0.3) is 0 Å². The maximum Gasteiger partial charge on any atom is 0.416 e. The molecule has 2 atom stereocenters. The number of rotatable bonds is 7. The van der Waals surface area contributed by atoms with Crippen LogP contribution in [0.15, 0.2) is 36.8 Å². The Labute approximate surface area is 251 Å². The van der Waals surface area contributed by atoms with Gasteiger partial charge >= 0.3 is 18.4 Å². The maximum absolute atomic E-state index is 13.6. The van der Waals surface area contributed by atoms with Crippen LogP contribution in [0.3, 0.4) is 0 Å². The number of halogens is 8. The summed E-state index contributed by atoms with van der Waals surface area (Å²) in [6.07, 6.45) is -4.84. The largest absolute Gasteiger partial charge is 0.416 e. The van der Waals surface area contributed by atoms with Gasteiger partial charge in [-0.3, -0.25) is 4.90 Å². The number of alkyl halides is 6. The predicted molar refractivity (Wildman–Crippen MR) is 147 cm³/mol. The van der Waals surface area contributed by atoms with Crippen molar-refractivity contribution in [3.05, 3.63) is 63.8 Å². The molecule has 1 N–H and O–H groups in total. The van der Waals surface area contributed by atoms with Crippen LogP contribution < -0.4 is 20.0 Å². The summed E-state index contributed by atoms with van der Waals surface area (Å²) >= 11 is 12.4. The van der Waals surface area contributed by atoms with E-state index in [0.29, 0.717) is 49.6 Å². The van der Waals surface area contributed by atoms with Crippen molar-refractivity contribution in [3.63, 3.8) is 0 Å². The number of anilines is 3. The van der Waals surface area contributed by atoms with Crippen molar-refractivity contribution in [1.82, 2.24) is 25.3 Å². The van der Waals surface area contributed by atoms with E-state index in [1.54, 1.807) is 4.90 Å². The van der Waals surface area contributed by atoms with Crippen LogP contribution in [0.5, 0.6) is 0 Å². The Kier molecular flexibility index (Phi) is 8.49. The molecule has 5 rings (SSSR count). The fourth-order valence-corrected chi connectivity index (χ4v) is 5.62. The number of amides is 2. The van der Waals surface area contributed by atoms with Crippen LogP contribution in [0.25, 0.3) is 0 Å². The molecule has 2 aliphatic heterocycles. The highest BCUT2D eigenvalue weighted by Crippen LogP contribution is 2.38. The standard InChI is InChI=1S/C26H24Cl2F6N8O/c1-2-17-8-18(13-41(17)21-20(27)11-36-22(28)39-21)42(23-37-9-19(10-38-23)40-4-3-35-24(40)43)12-14-5-15(25(29,30)31)7-16(6-14)26(32,33)34/h5-7,9-11,17-18H,2-4,8,12-13H2,1H3,(H,35,43)/t17-,18+/m1/s1. The normalized spacial score (nSPS) is 19.2. The molecule has 0 radical (unpaired) electrons. The molecule has 2 saturated heterocycles. The van der Waals surface area contributed by atoms with Gasteiger partial charge in [0.05, 0.1) is 41.4 Å². The van der Waals surface area contributed by atoms with Gasteiger partial charge in [-0.05, 0) is 48.2 Å². The number of hydrogen-bond donors (Lipinski definition) is 1. The van der Waals surface area contributed by atoms with Gasteiger partial charge in [0.1, 0.15) is 5.02 Å². The lowest BCUT2D eigenvalue weighted by Gasteiger charge is -2.30. The first-order valence-corrected chi connectivity index (χ1v) is 13.9. The smallest absolute Gasteiger partial charge is 0.350 e. The molecule has 43 heavy (non-hydrogen) atoms. The quantitative estimate of drug-likeness (QED) is 0.241. The number of urea groups is 1. The minimum absolute atomic E-state index is 0.0388. The Bertz CT molecular complexity index is 1460. The number of carbonyl (C=O) groups is 1. The molecule has 2 aromatic heterocycles. The monoisotopic (exact) mass is 648 g/mol. The Balaban J connectivity index is 1.55. The summed E-state index contributed by atoms with van der Waals surface area (Å²) in [5.41, 5.74) is -2.69. The van der Waals surface area contributed by atoms with Crippen LogP contribution in [0.1, 0.15) is 36.5 Å². The van der Waals surface area contributed by atoms with E-state index in [0.717, 1.165) is 0 Å². The van der Waals surface area contributed by atoms with Crippen molar-refractivity contribution in [1.29, 1.82) is 0 Å². The van der Waals surface area contributed by atoms with E-state index in [4.69, 9.17) is 23.2 Å². The Hall–Kier alpha value is -3.59. The molecule has 0 aliphatic carbocycles. The average molecular weight is 649 g/mol. The molecule has 0 bridgehead atoms. The average Bonchev–Trinajstić information content (AvgIpc) is 3.58. The molecule has 0 unspecified atom stereocenters. The number of nitrogens with zero attached hydrogens (tertiary/aromatic N) is 7. The predicted octanol–water partition coefficient (Wildman–Crippen LogP) is 6.20. The molecule has 3 aromatic rings. The molecule has 1 aromatic carbocycles. The van der Waals surface area contributed by atoms with Gasteiger partial charge in [-0.1, -0.05) is 18.5 Å². The minimum atomic E-state index is -5.00. The lowest BCUT2D eigenvalue weighted by Crippen LogP contribution is -2.39. The fraction of sp³-hybridized carbons (Fsp3) is 0.423.